The second kappa shape index (κ2) is 8.16. The van der Waals surface area contributed by atoms with Crippen LogP contribution in [0, 0.1) is 5.92 Å². The lowest BCUT2D eigenvalue weighted by molar-refractivity contribution is 0.0936. The summed E-state index contributed by atoms with van der Waals surface area (Å²) in [4.78, 5) is 14.8. The molecule has 1 aromatic heterocycles. The van der Waals surface area contributed by atoms with Gasteiger partial charge in [-0.15, -0.1) is 0 Å². The molecule has 1 aliphatic rings. The van der Waals surface area contributed by atoms with Crippen LogP contribution in [0.5, 0.6) is 5.75 Å². The van der Waals surface area contributed by atoms with E-state index in [1.807, 2.05) is 24.3 Å². The third-order valence-corrected chi connectivity index (χ3v) is 4.49. The predicted octanol–water partition coefficient (Wildman–Crippen LogP) is 2.81. The molecule has 1 unspecified atom stereocenters. The van der Waals surface area contributed by atoms with Crippen molar-refractivity contribution in [3.63, 3.8) is 0 Å². The third-order valence-electron chi connectivity index (χ3n) is 4.49. The number of rotatable bonds is 7. The van der Waals surface area contributed by atoms with Crippen molar-refractivity contribution in [1.29, 1.82) is 0 Å². The van der Waals surface area contributed by atoms with Crippen molar-refractivity contribution in [2.75, 3.05) is 33.3 Å². The fourth-order valence-corrected chi connectivity index (χ4v) is 3.19. The fraction of sp³-hybridized carbons (Fsp3) is 0.474. The first-order valence-corrected chi connectivity index (χ1v) is 8.78. The van der Waals surface area contributed by atoms with Crippen LogP contribution < -0.4 is 10.1 Å². The second-order valence-electron chi connectivity index (χ2n) is 6.60. The summed E-state index contributed by atoms with van der Waals surface area (Å²) in [5, 5.41) is 6.84. The Balaban J connectivity index is 1.57. The van der Waals surface area contributed by atoms with Crippen LogP contribution in [0.2, 0.25) is 0 Å². The zero-order valence-electron chi connectivity index (χ0n) is 14.8. The Morgan fingerprint density at radius 1 is 1.36 bits per heavy atom. The van der Waals surface area contributed by atoms with E-state index in [0.29, 0.717) is 24.0 Å². The van der Waals surface area contributed by atoms with Crippen molar-refractivity contribution in [3.8, 4) is 17.1 Å². The molecule has 1 atom stereocenters. The number of methoxy groups -OCH3 is 1. The van der Waals surface area contributed by atoms with Gasteiger partial charge in [0, 0.05) is 19.2 Å². The lowest BCUT2D eigenvalue weighted by atomic mass is 10.1. The van der Waals surface area contributed by atoms with Gasteiger partial charge >= 0.3 is 0 Å². The van der Waals surface area contributed by atoms with Crippen molar-refractivity contribution in [2.24, 2.45) is 5.92 Å². The molecule has 25 heavy (non-hydrogen) atoms. The maximum absolute atomic E-state index is 12.3. The van der Waals surface area contributed by atoms with Gasteiger partial charge in [0.15, 0.2) is 11.5 Å². The number of amides is 1. The number of carbonyl (C=O) groups excluding carboxylic acids is 1. The molecule has 0 bridgehead atoms. The Morgan fingerprint density at radius 2 is 2.12 bits per heavy atom. The SMILES string of the molecule is COc1ccccc1-c1cc(C(=O)NCC(C)CN2CCCC2)no1. The van der Waals surface area contributed by atoms with E-state index in [0.717, 1.165) is 12.1 Å². The van der Waals surface area contributed by atoms with Crippen LogP contribution in [0.4, 0.5) is 0 Å². The van der Waals surface area contributed by atoms with Crippen LogP contribution in [0.1, 0.15) is 30.3 Å². The van der Waals surface area contributed by atoms with Crippen molar-refractivity contribution < 1.29 is 14.1 Å². The van der Waals surface area contributed by atoms with Gasteiger partial charge in [-0.2, -0.15) is 0 Å². The number of hydrogen-bond acceptors (Lipinski definition) is 5. The Hall–Kier alpha value is -2.34. The molecule has 3 rings (SSSR count). The van der Waals surface area contributed by atoms with E-state index in [1.165, 1.54) is 25.9 Å². The predicted molar refractivity (Wildman–Crippen MR) is 95.7 cm³/mol. The van der Waals surface area contributed by atoms with Gasteiger partial charge in [0.25, 0.3) is 5.91 Å². The summed E-state index contributed by atoms with van der Waals surface area (Å²) in [7, 11) is 1.60. The molecule has 0 saturated carbocycles. The molecule has 0 radical (unpaired) electrons. The molecule has 6 nitrogen and oxygen atoms in total. The maximum Gasteiger partial charge on any atom is 0.273 e. The van der Waals surface area contributed by atoms with Crippen LogP contribution in [0.3, 0.4) is 0 Å². The molecule has 1 saturated heterocycles. The van der Waals surface area contributed by atoms with Crippen LogP contribution in [-0.4, -0.2) is 49.3 Å². The number of benzene rings is 1. The van der Waals surface area contributed by atoms with Crippen molar-refractivity contribution in [3.05, 3.63) is 36.0 Å². The minimum Gasteiger partial charge on any atom is -0.496 e. The third kappa shape index (κ3) is 4.39. The number of aromatic nitrogens is 1. The molecule has 1 aliphatic heterocycles. The van der Waals surface area contributed by atoms with E-state index in [4.69, 9.17) is 9.26 Å². The first kappa shape index (κ1) is 17.5. The minimum atomic E-state index is -0.210. The molecule has 0 spiro atoms. The fourth-order valence-electron chi connectivity index (χ4n) is 3.19. The van der Waals surface area contributed by atoms with Gasteiger partial charge in [-0.25, -0.2) is 0 Å². The summed E-state index contributed by atoms with van der Waals surface area (Å²) in [5.41, 5.74) is 1.06. The number of nitrogens with zero attached hydrogens (tertiary/aromatic N) is 2. The van der Waals surface area contributed by atoms with E-state index in [2.05, 4.69) is 22.3 Å². The molecular formula is C19H25N3O3. The monoisotopic (exact) mass is 343 g/mol. The number of carbonyl (C=O) groups is 1. The van der Waals surface area contributed by atoms with E-state index in [9.17, 15) is 4.79 Å². The maximum atomic E-state index is 12.3. The number of likely N-dealkylation sites (tertiary alicyclic amines) is 1. The number of ether oxygens (including phenoxy) is 1. The number of para-hydroxylation sites is 1. The highest BCUT2D eigenvalue weighted by Crippen LogP contribution is 2.29. The van der Waals surface area contributed by atoms with Crippen molar-refractivity contribution >= 4 is 5.91 Å². The zero-order valence-corrected chi connectivity index (χ0v) is 14.8. The molecule has 1 amide bonds. The standard InChI is InChI=1S/C19H25N3O3/c1-14(13-22-9-5-6-10-22)12-20-19(23)16-11-18(25-21-16)15-7-3-4-8-17(15)24-2/h3-4,7-8,11,14H,5-6,9-10,12-13H2,1-2H3,(H,20,23). The summed E-state index contributed by atoms with van der Waals surface area (Å²) < 4.78 is 10.6. The van der Waals surface area contributed by atoms with Crippen LogP contribution in [-0.2, 0) is 0 Å². The lowest BCUT2D eigenvalue weighted by Gasteiger charge is -2.20. The highest BCUT2D eigenvalue weighted by molar-refractivity contribution is 5.93. The largest absolute Gasteiger partial charge is 0.496 e. The Morgan fingerprint density at radius 3 is 2.88 bits per heavy atom. The van der Waals surface area contributed by atoms with Crippen molar-refractivity contribution in [1.82, 2.24) is 15.4 Å². The number of nitrogens with one attached hydrogen (secondary N) is 1. The first-order chi connectivity index (χ1) is 12.2. The summed E-state index contributed by atoms with van der Waals surface area (Å²) in [5.74, 6) is 1.40. The van der Waals surface area contributed by atoms with Gasteiger partial charge < -0.3 is 19.5 Å². The second-order valence-corrected chi connectivity index (χ2v) is 6.60. The molecule has 0 aliphatic carbocycles. The molecule has 134 valence electrons. The molecule has 1 fully saturated rings. The number of hydrogen-bond donors (Lipinski definition) is 1. The smallest absolute Gasteiger partial charge is 0.273 e. The molecule has 6 heteroatoms. The van der Waals surface area contributed by atoms with E-state index in [-0.39, 0.29) is 11.6 Å². The lowest BCUT2D eigenvalue weighted by Crippen LogP contribution is -2.34. The van der Waals surface area contributed by atoms with Crippen molar-refractivity contribution in [2.45, 2.75) is 19.8 Å². The van der Waals surface area contributed by atoms with Crippen LogP contribution in [0.15, 0.2) is 34.9 Å². The summed E-state index contributed by atoms with van der Waals surface area (Å²) >= 11 is 0. The Kier molecular flexibility index (Phi) is 5.71. The summed E-state index contributed by atoms with van der Waals surface area (Å²) in [6.45, 7) is 6.15. The van der Waals surface area contributed by atoms with Gasteiger partial charge in [-0.1, -0.05) is 24.2 Å². The molecular weight excluding hydrogens is 318 g/mol. The Labute approximate surface area is 148 Å². The summed E-state index contributed by atoms with van der Waals surface area (Å²) in [6.07, 6.45) is 2.56. The van der Waals surface area contributed by atoms with Gasteiger partial charge in [0.05, 0.1) is 12.7 Å². The quantitative estimate of drug-likeness (QED) is 0.837. The normalized spacial score (nSPS) is 15.9. The molecule has 1 N–H and O–H groups in total. The highest BCUT2D eigenvalue weighted by Gasteiger charge is 2.18. The highest BCUT2D eigenvalue weighted by atomic mass is 16.5. The van der Waals surface area contributed by atoms with E-state index < -0.39 is 0 Å². The average Bonchev–Trinajstić information content (AvgIpc) is 3.31. The first-order valence-electron chi connectivity index (χ1n) is 8.78. The van der Waals surface area contributed by atoms with Crippen LogP contribution >= 0.6 is 0 Å². The van der Waals surface area contributed by atoms with E-state index in [1.54, 1.807) is 13.2 Å². The minimum absolute atomic E-state index is 0.210. The van der Waals surface area contributed by atoms with E-state index >= 15 is 0 Å². The topological polar surface area (TPSA) is 67.6 Å². The van der Waals surface area contributed by atoms with Gasteiger partial charge in [0.2, 0.25) is 0 Å². The zero-order chi connectivity index (χ0) is 17.6. The Bertz CT molecular complexity index is 707. The van der Waals surface area contributed by atoms with Gasteiger partial charge in [-0.05, 0) is 44.0 Å². The van der Waals surface area contributed by atoms with Crippen LogP contribution in [0.25, 0.3) is 11.3 Å². The average molecular weight is 343 g/mol. The van der Waals surface area contributed by atoms with Gasteiger partial charge in [0.1, 0.15) is 5.75 Å². The molecule has 2 heterocycles. The molecule has 1 aromatic carbocycles. The molecule has 2 aromatic rings. The van der Waals surface area contributed by atoms with Gasteiger partial charge in [-0.3, -0.25) is 4.79 Å². The summed E-state index contributed by atoms with van der Waals surface area (Å²) in [6, 6.07) is 9.14.